The maximum atomic E-state index is 11.8. The van der Waals surface area contributed by atoms with E-state index in [1.807, 2.05) is 5.43 Å². The van der Waals surface area contributed by atoms with E-state index < -0.39 is 35.2 Å². The molecule has 0 spiro atoms. The monoisotopic (exact) mass is 312 g/mol. The molecule has 1 amide bonds. The van der Waals surface area contributed by atoms with Gasteiger partial charge in [-0.2, -0.15) is 0 Å². The van der Waals surface area contributed by atoms with Gasteiger partial charge in [-0.05, 0) is 24.3 Å². The van der Waals surface area contributed by atoms with E-state index >= 15 is 0 Å². The highest BCUT2D eigenvalue weighted by atomic mass is 35.5. The molecule has 0 aromatic heterocycles. The number of carbonyl (C=O) groups is 1. The second-order valence-electron chi connectivity index (χ2n) is 3.54. The van der Waals surface area contributed by atoms with E-state index in [1.165, 1.54) is 24.3 Å². The zero-order valence-electron chi connectivity index (χ0n) is 9.57. The third-order valence-corrected chi connectivity index (χ3v) is 3.55. The number of carbonyl (C=O) groups excluding carboxylic acids is 1. The predicted molar refractivity (Wildman–Crippen MR) is 65.2 cm³/mol. The first-order valence-electron chi connectivity index (χ1n) is 5.15. The van der Waals surface area contributed by atoms with Crippen LogP contribution in [0, 0.1) is 0 Å². The van der Waals surface area contributed by atoms with Gasteiger partial charge < -0.3 is 0 Å². The average Bonchev–Trinajstić information content (AvgIpc) is 2.34. The zero-order chi connectivity index (χ0) is 14.5. The molecule has 19 heavy (non-hydrogen) atoms. The Morgan fingerprint density at radius 2 is 1.84 bits per heavy atom. The van der Waals surface area contributed by atoms with Crippen LogP contribution in [-0.4, -0.2) is 20.8 Å². The molecule has 0 unspecified atom stereocenters. The molecule has 2 N–H and O–H groups in total. The van der Waals surface area contributed by atoms with Crippen LogP contribution in [0.3, 0.4) is 0 Å². The fourth-order valence-electron chi connectivity index (χ4n) is 1.10. The lowest BCUT2D eigenvalue weighted by Crippen LogP contribution is -2.41. The molecule has 0 saturated carbocycles. The molecule has 0 fully saturated rings. The number of nitrogens with one attached hydrogen (secondary N) is 2. The first-order valence-corrected chi connectivity index (χ1v) is 7.02. The summed E-state index contributed by atoms with van der Waals surface area (Å²) in [6.45, 7) is 0. The number of hydrogen-bond acceptors (Lipinski definition) is 3. The van der Waals surface area contributed by atoms with Crippen molar-refractivity contribution in [2.75, 3.05) is 0 Å². The molecule has 1 aromatic rings. The number of hydrazine groups is 1. The first kappa shape index (κ1) is 15.8. The van der Waals surface area contributed by atoms with Crippen LogP contribution in [0.2, 0.25) is 5.02 Å². The smallest absolute Gasteiger partial charge is 0.257 e. The van der Waals surface area contributed by atoms with Gasteiger partial charge in [-0.3, -0.25) is 10.2 Å². The SMILES string of the molecule is O=C(CCC(F)F)NNS(=O)(=O)c1ccc(Cl)cc1. The molecule has 0 aliphatic carbocycles. The summed E-state index contributed by atoms with van der Waals surface area (Å²) in [4.78, 5) is 12.8. The van der Waals surface area contributed by atoms with E-state index in [9.17, 15) is 22.0 Å². The maximum absolute atomic E-state index is 11.8. The van der Waals surface area contributed by atoms with Crippen molar-refractivity contribution >= 4 is 27.5 Å². The summed E-state index contributed by atoms with van der Waals surface area (Å²) < 4.78 is 47.0. The van der Waals surface area contributed by atoms with Gasteiger partial charge in [0.25, 0.3) is 10.0 Å². The van der Waals surface area contributed by atoms with Gasteiger partial charge in [0.2, 0.25) is 12.3 Å². The summed E-state index contributed by atoms with van der Waals surface area (Å²) >= 11 is 5.60. The molecule has 0 radical (unpaired) electrons. The summed E-state index contributed by atoms with van der Waals surface area (Å²) in [5.74, 6) is -0.835. The van der Waals surface area contributed by atoms with Gasteiger partial charge in [-0.15, -0.1) is 4.83 Å². The van der Waals surface area contributed by atoms with Crippen LogP contribution in [0.5, 0.6) is 0 Å². The third kappa shape index (κ3) is 5.50. The molecule has 0 saturated heterocycles. The largest absolute Gasteiger partial charge is 0.278 e. The molecule has 0 atom stereocenters. The summed E-state index contributed by atoms with van der Waals surface area (Å²) in [6, 6.07) is 5.23. The third-order valence-electron chi connectivity index (χ3n) is 2.04. The Morgan fingerprint density at radius 3 is 2.37 bits per heavy atom. The standard InChI is InChI=1S/C10H11ClF2N2O3S/c11-7-1-3-8(4-2-7)19(17,18)15-14-10(16)6-5-9(12)13/h1-4,9,15H,5-6H2,(H,14,16). The van der Waals surface area contributed by atoms with Crippen LogP contribution in [0.4, 0.5) is 8.78 Å². The molecular weight excluding hydrogens is 302 g/mol. The molecular formula is C10H11ClF2N2O3S. The molecule has 5 nitrogen and oxygen atoms in total. The molecule has 9 heteroatoms. The van der Waals surface area contributed by atoms with E-state index in [4.69, 9.17) is 11.6 Å². The fraction of sp³-hybridized carbons (Fsp3) is 0.300. The number of hydrogen-bond donors (Lipinski definition) is 2. The average molecular weight is 313 g/mol. The molecule has 0 aliphatic heterocycles. The van der Waals surface area contributed by atoms with Gasteiger partial charge >= 0.3 is 0 Å². The molecule has 1 rings (SSSR count). The van der Waals surface area contributed by atoms with E-state index in [2.05, 4.69) is 0 Å². The Hall–Kier alpha value is -1.25. The van der Waals surface area contributed by atoms with Crippen molar-refractivity contribution in [1.82, 2.24) is 10.3 Å². The minimum Gasteiger partial charge on any atom is -0.278 e. The second-order valence-corrected chi connectivity index (χ2v) is 5.66. The lowest BCUT2D eigenvalue weighted by atomic mass is 10.3. The van der Waals surface area contributed by atoms with Gasteiger partial charge in [0.05, 0.1) is 4.90 Å². The van der Waals surface area contributed by atoms with Crippen LogP contribution in [0.1, 0.15) is 12.8 Å². The van der Waals surface area contributed by atoms with Crippen molar-refractivity contribution in [2.45, 2.75) is 24.2 Å². The van der Waals surface area contributed by atoms with Crippen LogP contribution in [0.25, 0.3) is 0 Å². The Labute approximate surface area is 114 Å². The number of halogens is 3. The first-order chi connectivity index (χ1) is 8.81. The highest BCUT2D eigenvalue weighted by Crippen LogP contribution is 2.13. The van der Waals surface area contributed by atoms with Crippen LogP contribution in [-0.2, 0) is 14.8 Å². The fourth-order valence-corrected chi connectivity index (χ4v) is 2.09. The number of rotatable bonds is 6. The van der Waals surface area contributed by atoms with Gasteiger partial charge in [0.15, 0.2) is 0 Å². The van der Waals surface area contributed by atoms with Crippen molar-refractivity contribution in [1.29, 1.82) is 0 Å². The summed E-state index contributed by atoms with van der Waals surface area (Å²) in [6.07, 6.45) is -3.71. The van der Waals surface area contributed by atoms with Gasteiger partial charge in [-0.25, -0.2) is 17.2 Å². The molecule has 0 heterocycles. The number of amides is 1. The molecule has 0 bridgehead atoms. The molecule has 106 valence electrons. The predicted octanol–water partition coefficient (Wildman–Crippen LogP) is 1.69. The Balaban J connectivity index is 2.56. The van der Waals surface area contributed by atoms with Gasteiger partial charge in [-0.1, -0.05) is 11.6 Å². The summed E-state index contributed by atoms with van der Waals surface area (Å²) in [5, 5.41) is 0.361. The second kappa shape index (κ2) is 6.78. The van der Waals surface area contributed by atoms with E-state index in [0.29, 0.717) is 5.02 Å². The minimum atomic E-state index is -3.94. The topological polar surface area (TPSA) is 75.3 Å². The summed E-state index contributed by atoms with van der Waals surface area (Å²) in [5.41, 5.74) is 1.85. The zero-order valence-corrected chi connectivity index (χ0v) is 11.1. The normalized spacial score (nSPS) is 11.6. The lowest BCUT2D eigenvalue weighted by Gasteiger charge is -2.08. The molecule has 1 aromatic carbocycles. The van der Waals surface area contributed by atoms with Crippen molar-refractivity contribution in [3.05, 3.63) is 29.3 Å². The minimum absolute atomic E-state index is 0.106. The molecule has 0 aliphatic rings. The van der Waals surface area contributed by atoms with Gasteiger partial charge in [0.1, 0.15) is 0 Å². The number of alkyl halides is 2. The van der Waals surface area contributed by atoms with E-state index in [0.717, 1.165) is 0 Å². The highest BCUT2D eigenvalue weighted by molar-refractivity contribution is 7.89. The number of sulfonamides is 1. The van der Waals surface area contributed by atoms with E-state index in [-0.39, 0.29) is 4.90 Å². The quantitative estimate of drug-likeness (QED) is 0.785. The Kier molecular flexibility index (Phi) is 5.64. The van der Waals surface area contributed by atoms with Crippen LogP contribution >= 0.6 is 11.6 Å². The van der Waals surface area contributed by atoms with Crippen LogP contribution < -0.4 is 10.3 Å². The highest BCUT2D eigenvalue weighted by Gasteiger charge is 2.15. The van der Waals surface area contributed by atoms with Crippen LogP contribution in [0.15, 0.2) is 29.2 Å². The number of benzene rings is 1. The van der Waals surface area contributed by atoms with Gasteiger partial charge in [0, 0.05) is 17.9 Å². The van der Waals surface area contributed by atoms with Crippen molar-refractivity contribution < 1.29 is 22.0 Å². The Bertz CT molecular complexity index is 534. The lowest BCUT2D eigenvalue weighted by molar-refractivity contribution is -0.122. The summed E-state index contributed by atoms with van der Waals surface area (Å²) in [7, 11) is -3.94. The van der Waals surface area contributed by atoms with Crippen molar-refractivity contribution in [2.24, 2.45) is 0 Å². The van der Waals surface area contributed by atoms with Crippen molar-refractivity contribution in [3.8, 4) is 0 Å². The van der Waals surface area contributed by atoms with E-state index in [1.54, 1.807) is 4.83 Å². The Morgan fingerprint density at radius 1 is 1.26 bits per heavy atom. The maximum Gasteiger partial charge on any atom is 0.257 e. The van der Waals surface area contributed by atoms with Crippen molar-refractivity contribution in [3.63, 3.8) is 0 Å².